The van der Waals surface area contributed by atoms with Crippen LogP contribution in [0.4, 0.5) is 0 Å². The number of aliphatic hydroxyl groups is 2. The summed E-state index contributed by atoms with van der Waals surface area (Å²) in [5.41, 5.74) is 0. The molecule has 2 aliphatic carbocycles. The van der Waals surface area contributed by atoms with Gasteiger partial charge in [0.2, 0.25) is 0 Å². The van der Waals surface area contributed by atoms with Crippen LogP contribution in [0.2, 0.25) is 0 Å². The number of hydrogen-bond acceptors (Lipinski definition) is 2. The Kier molecular flexibility index (Phi) is 11.4. The van der Waals surface area contributed by atoms with Crippen molar-refractivity contribution in [3.05, 3.63) is 63.2 Å². The van der Waals surface area contributed by atoms with Crippen molar-refractivity contribution in [3.8, 4) is 0 Å². The molecule has 10 radical (unpaired) electrons. The molecule has 0 aromatic rings. The van der Waals surface area contributed by atoms with Gasteiger partial charge in [-0.05, 0) is 64.2 Å². The zero-order valence-corrected chi connectivity index (χ0v) is 12.5. The number of aliphatic hydroxyl groups excluding tert-OH is 2. The van der Waals surface area contributed by atoms with Crippen LogP contribution in [0.3, 0.4) is 0 Å². The normalized spacial score (nSPS) is 23.4. The fourth-order valence-electron chi connectivity index (χ4n) is 1.69. The standard InChI is InChI=1S/2C8H11O.Fe/c2*1-2-8(9)7-5-3-4-6-7;/h2*3-6,8-9H,2H2,1H3;/q;;+2. The quantitative estimate of drug-likeness (QED) is 0.783. The van der Waals surface area contributed by atoms with Gasteiger partial charge >= 0.3 is 17.1 Å². The summed E-state index contributed by atoms with van der Waals surface area (Å²) in [5.74, 6) is 2.05. The summed E-state index contributed by atoms with van der Waals surface area (Å²) < 4.78 is 0. The van der Waals surface area contributed by atoms with E-state index >= 15 is 0 Å². The van der Waals surface area contributed by atoms with Crippen molar-refractivity contribution >= 4 is 0 Å². The van der Waals surface area contributed by atoms with E-state index in [1.54, 1.807) is 0 Å². The second-order valence-electron chi connectivity index (χ2n) is 4.28. The number of hydrogen-bond donors (Lipinski definition) is 2. The third kappa shape index (κ3) is 7.13. The van der Waals surface area contributed by atoms with Crippen LogP contribution in [-0.2, 0) is 17.1 Å². The Balaban J connectivity index is 0.000000324. The first kappa shape index (κ1) is 19.4. The van der Waals surface area contributed by atoms with Gasteiger partial charge in [0.25, 0.3) is 0 Å². The Morgan fingerprint density at radius 3 is 1.21 bits per heavy atom. The predicted molar refractivity (Wildman–Crippen MR) is 73.5 cm³/mol. The van der Waals surface area contributed by atoms with Gasteiger partial charge < -0.3 is 10.2 Å². The van der Waals surface area contributed by atoms with Crippen molar-refractivity contribution in [1.82, 2.24) is 0 Å². The van der Waals surface area contributed by atoms with Crippen LogP contribution in [0.1, 0.15) is 26.7 Å². The minimum atomic E-state index is -0.264. The predicted octanol–water partition coefficient (Wildman–Crippen LogP) is 2.32. The van der Waals surface area contributed by atoms with Gasteiger partial charge in [0, 0.05) is 11.8 Å². The van der Waals surface area contributed by atoms with Gasteiger partial charge in [0.1, 0.15) is 0 Å². The molecule has 2 rings (SSSR count). The molecule has 2 atom stereocenters. The second-order valence-corrected chi connectivity index (χ2v) is 4.28. The van der Waals surface area contributed by atoms with Crippen LogP contribution < -0.4 is 0 Å². The molecule has 104 valence electrons. The first-order valence-electron chi connectivity index (χ1n) is 6.48. The largest absolute Gasteiger partial charge is 2.00 e. The molecule has 3 heteroatoms. The molecule has 0 aromatic carbocycles. The molecule has 2 aliphatic rings. The minimum absolute atomic E-state index is 0. The molecule has 0 aromatic heterocycles. The minimum Gasteiger partial charge on any atom is -0.393 e. The molecule has 2 unspecified atom stereocenters. The maximum Gasteiger partial charge on any atom is 2.00 e. The van der Waals surface area contributed by atoms with Crippen molar-refractivity contribution in [2.75, 3.05) is 0 Å². The van der Waals surface area contributed by atoms with E-state index in [-0.39, 0.29) is 29.3 Å². The van der Waals surface area contributed by atoms with Gasteiger partial charge in [-0.2, -0.15) is 0 Å². The van der Waals surface area contributed by atoms with Crippen LogP contribution >= 0.6 is 0 Å². The maximum absolute atomic E-state index is 9.22. The van der Waals surface area contributed by atoms with E-state index in [9.17, 15) is 10.2 Å². The van der Waals surface area contributed by atoms with Crippen molar-refractivity contribution < 1.29 is 27.3 Å². The zero-order valence-electron chi connectivity index (χ0n) is 11.4. The molecule has 0 spiro atoms. The fraction of sp³-hybridized carbons (Fsp3) is 0.375. The summed E-state index contributed by atoms with van der Waals surface area (Å²) in [7, 11) is 0. The van der Waals surface area contributed by atoms with Crippen LogP contribution in [0.5, 0.6) is 0 Å². The summed E-state index contributed by atoms with van der Waals surface area (Å²) in [4.78, 5) is 0. The Labute approximate surface area is 129 Å². The number of rotatable bonds is 4. The molecule has 0 aliphatic heterocycles. The van der Waals surface area contributed by atoms with E-state index < -0.39 is 0 Å². The van der Waals surface area contributed by atoms with E-state index in [0.717, 1.165) is 24.7 Å². The van der Waals surface area contributed by atoms with E-state index in [1.807, 2.05) is 65.2 Å². The van der Waals surface area contributed by atoms with Gasteiger partial charge in [0.15, 0.2) is 0 Å². The van der Waals surface area contributed by atoms with E-state index in [1.165, 1.54) is 0 Å². The maximum atomic E-state index is 9.22. The van der Waals surface area contributed by atoms with Gasteiger partial charge in [-0.3, -0.25) is 0 Å². The van der Waals surface area contributed by atoms with Crippen molar-refractivity contribution in [2.45, 2.75) is 38.9 Å². The van der Waals surface area contributed by atoms with Crippen LogP contribution in [-0.4, -0.2) is 22.4 Å². The molecular weight excluding hydrogens is 280 g/mol. The average Bonchev–Trinajstić information content (AvgIpc) is 3.09. The topological polar surface area (TPSA) is 40.5 Å². The molecule has 19 heavy (non-hydrogen) atoms. The molecule has 2 fully saturated rings. The van der Waals surface area contributed by atoms with E-state index in [2.05, 4.69) is 0 Å². The zero-order chi connectivity index (χ0) is 13.4. The van der Waals surface area contributed by atoms with E-state index in [4.69, 9.17) is 0 Å². The van der Waals surface area contributed by atoms with Gasteiger partial charge in [0.05, 0.1) is 12.2 Å². The SMILES string of the molecule is CCC(O)[C]1[CH][CH][CH][CH]1.CCC(O)[C]1[CH][CH][CH][CH]1.[Fe+2]. The molecule has 2 N–H and O–H groups in total. The first-order valence-corrected chi connectivity index (χ1v) is 6.48. The Hall–Kier alpha value is 0.439. The summed E-state index contributed by atoms with van der Waals surface area (Å²) >= 11 is 0. The Bertz CT molecular complexity index is 177. The molecule has 2 nitrogen and oxygen atoms in total. The second kappa shape index (κ2) is 11.1. The molecule has 0 bridgehead atoms. The van der Waals surface area contributed by atoms with Crippen molar-refractivity contribution in [1.29, 1.82) is 0 Å². The molecule has 2 saturated carbocycles. The molecule has 0 heterocycles. The van der Waals surface area contributed by atoms with Gasteiger partial charge in [-0.25, -0.2) is 0 Å². The molecule has 0 amide bonds. The monoisotopic (exact) mass is 302 g/mol. The Morgan fingerprint density at radius 2 is 1.00 bits per heavy atom. The smallest absolute Gasteiger partial charge is 0.393 e. The fourth-order valence-corrected chi connectivity index (χ4v) is 1.69. The van der Waals surface area contributed by atoms with Crippen LogP contribution in [0, 0.1) is 63.2 Å². The summed E-state index contributed by atoms with van der Waals surface area (Å²) in [6, 6.07) is 0. The molecular formula is C16H22FeO2+2. The van der Waals surface area contributed by atoms with Crippen LogP contribution in [0.15, 0.2) is 0 Å². The molecule has 0 saturated heterocycles. The first-order chi connectivity index (χ1) is 8.69. The third-order valence-corrected chi connectivity index (χ3v) is 2.92. The van der Waals surface area contributed by atoms with Crippen LogP contribution in [0.25, 0.3) is 0 Å². The van der Waals surface area contributed by atoms with Gasteiger partial charge in [-0.15, -0.1) is 0 Å². The third-order valence-electron chi connectivity index (χ3n) is 2.92. The Morgan fingerprint density at radius 1 is 0.737 bits per heavy atom. The summed E-state index contributed by atoms with van der Waals surface area (Å²) in [6.45, 7) is 3.94. The van der Waals surface area contributed by atoms with Crippen molar-refractivity contribution in [3.63, 3.8) is 0 Å². The average molecular weight is 302 g/mol. The van der Waals surface area contributed by atoms with Gasteiger partial charge in [-0.1, -0.05) is 13.8 Å². The summed E-state index contributed by atoms with van der Waals surface area (Å²) in [6.07, 6.45) is 16.6. The van der Waals surface area contributed by atoms with Crippen molar-refractivity contribution in [2.24, 2.45) is 0 Å². The summed E-state index contributed by atoms with van der Waals surface area (Å²) in [5, 5.41) is 18.4. The van der Waals surface area contributed by atoms with E-state index in [0.29, 0.717) is 0 Å².